The summed E-state index contributed by atoms with van der Waals surface area (Å²) in [5, 5.41) is 3.63. The van der Waals surface area contributed by atoms with Crippen LogP contribution in [0.4, 0.5) is 5.69 Å². The number of hydrogen-bond acceptors (Lipinski definition) is 2. The lowest BCUT2D eigenvalue weighted by molar-refractivity contribution is 0.416. The lowest BCUT2D eigenvalue weighted by atomic mass is 10.0. The number of nitrogens with one attached hydrogen (secondary N) is 1. The zero-order valence-electron chi connectivity index (χ0n) is 10.8. The molecule has 1 N–H and O–H groups in total. The molecular formula is C14H20BrIN2. The quantitative estimate of drug-likeness (QED) is 0.737. The van der Waals surface area contributed by atoms with Gasteiger partial charge >= 0.3 is 0 Å². The third-order valence-corrected chi connectivity index (χ3v) is 4.73. The van der Waals surface area contributed by atoms with Crippen molar-refractivity contribution >= 4 is 44.2 Å². The van der Waals surface area contributed by atoms with Crippen LogP contribution in [0.1, 0.15) is 26.2 Å². The van der Waals surface area contributed by atoms with Crippen molar-refractivity contribution in [1.29, 1.82) is 0 Å². The van der Waals surface area contributed by atoms with E-state index in [1.54, 1.807) is 0 Å². The number of hydrogen-bond donors (Lipinski definition) is 1. The van der Waals surface area contributed by atoms with Crippen LogP contribution in [0, 0.1) is 3.57 Å². The summed E-state index contributed by atoms with van der Waals surface area (Å²) in [6.45, 7) is 5.68. The van der Waals surface area contributed by atoms with Gasteiger partial charge in [-0.15, -0.1) is 0 Å². The molecule has 1 heterocycles. The van der Waals surface area contributed by atoms with Crippen molar-refractivity contribution in [1.82, 2.24) is 5.32 Å². The van der Waals surface area contributed by atoms with Crippen LogP contribution in [0.3, 0.4) is 0 Å². The van der Waals surface area contributed by atoms with Crippen LogP contribution in [0.5, 0.6) is 0 Å². The van der Waals surface area contributed by atoms with Crippen LogP contribution in [0.25, 0.3) is 0 Å². The van der Waals surface area contributed by atoms with Gasteiger partial charge in [-0.05, 0) is 82.5 Å². The van der Waals surface area contributed by atoms with Crippen LogP contribution in [-0.4, -0.2) is 25.7 Å². The Hall–Kier alpha value is 0.190. The molecule has 0 spiro atoms. The Morgan fingerprint density at radius 1 is 1.39 bits per heavy atom. The van der Waals surface area contributed by atoms with Gasteiger partial charge in [0, 0.05) is 27.2 Å². The summed E-state index contributed by atoms with van der Waals surface area (Å²) in [6, 6.07) is 7.31. The van der Waals surface area contributed by atoms with Gasteiger partial charge in [-0.1, -0.05) is 6.92 Å². The third kappa shape index (κ3) is 3.84. The van der Waals surface area contributed by atoms with Gasteiger partial charge in [0.1, 0.15) is 0 Å². The Labute approximate surface area is 132 Å². The van der Waals surface area contributed by atoms with E-state index in [2.05, 4.69) is 73.9 Å². The molecule has 2 rings (SSSR count). The van der Waals surface area contributed by atoms with E-state index >= 15 is 0 Å². The summed E-state index contributed by atoms with van der Waals surface area (Å²) in [6.07, 6.45) is 3.72. The monoisotopic (exact) mass is 422 g/mol. The zero-order valence-corrected chi connectivity index (χ0v) is 14.5. The van der Waals surface area contributed by atoms with Gasteiger partial charge in [0.2, 0.25) is 0 Å². The van der Waals surface area contributed by atoms with Crippen molar-refractivity contribution in [2.45, 2.75) is 32.2 Å². The first kappa shape index (κ1) is 14.6. The summed E-state index contributed by atoms with van der Waals surface area (Å²) in [7, 11) is 0. The molecule has 1 aliphatic heterocycles. The lowest BCUT2D eigenvalue weighted by Gasteiger charge is -2.34. The fraction of sp³-hybridized carbons (Fsp3) is 0.571. The second-order valence-electron chi connectivity index (χ2n) is 4.81. The highest BCUT2D eigenvalue weighted by Gasteiger charge is 2.19. The summed E-state index contributed by atoms with van der Waals surface area (Å²) in [4.78, 5) is 2.49. The van der Waals surface area contributed by atoms with Crippen LogP contribution in [0.15, 0.2) is 22.7 Å². The topological polar surface area (TPSA) is 15.3 Å². The number of nitrogens with zero attached hydrogens (tertiary/aromatic N) is 1. The lowest BCUT2D eigenvalue weighted by Crippen LogP contribution is -2.42. The van der Waals surface area contributed by atoms with Crippen LogP contribution >= 0.6 is 38.5 Å². The van der Waals surface area contributed by atoms with E-state index in [9.17, 15) is 0 Å². The highest BCUT2D eigenvalue weighted by molar-refractivity contribution is 14.1. The summed E-state index contributed by atoms with van der Waals surface area (Å²) < 4.78 is 2.50. The fourth-order valence-electron chi connectivity index (χ4n) is 2.41. The molecular weight excluding hydrogens is 403 g/mol. The Morgan fingerprint density at radius 3 is 2.72 bits per heavy atom. The number of anilines is 1. The Bertz CT molecular complexity index is 389. The van der Waals surface area contributed by atoms with Gasteiger partial charge in [0.05, 0.1) is 5.69 Å². The largest absolute Gasteiger partial charge is 0.371 e. The van der Waals surface area contributed by atoms with Crippen molar-refractivity contribution < 1.29 is 0 Å². The van der Waals surface area contributed by atoms with Gasteiger partial charge in [0.15, 0.2) is 0 Å². The number of benzene rings is 1. The molecule has 0 amide bonds. The Morgan fingerprint density at radius 2 is 2.11 bits per heavy atom. The molecule has 1 aromatic carbocycles. The normalized spacial score (nSPS) is 17.2. The van der Waals surface area contributed by atoms with E-state index in [0.717, 1.165) is 19.6 Å². The van der Waals surface area contributed by atoms with Crippen LogP contribution in [-0.2, 0) is 0 Å². The first-order valence-corrected chi connectivity index (χ1v) is 8.51. The third-order valence-electron chi connectivity index (χ3n) is 3.43. The molecule has 0 atom stereocenters. The summed E-state index contributed by atoms with van der Waals surface area (Å²) >= 11 is 6.03. The molecule has 0 saturated carbocycles. The number of rotatable bonds is 4. The van der Waals surface area contributed by atoms with E-state index in [1.165, 1.54) is 33.0 Å². The molecule has 1 saturated heterocycles. The van der Waals surface area contributed by atoms with Crippen molar-refractivity contribution in [2.75, 3.05) is 24.5 Å². The number of piperidine rings is 1. The van der Waals surface area contributed by atoms with E-state index in [1.807, 2.05) is 0 Å². The van der Waals surface area contributed by atoms with Gasteiger partial charge in [-0.2, -0.15) is 0 Å². The smallest absolute Gasteiger partial charge is 0.0511 e. The standard InChI is InChI=1S/C14H20BrIN2/c1-2-7-17-12-5-8-18(9-6-12)14-4-3-11(16)10-13(14)15/h3-4,10,12,17H,2,5-9H2,1H3. The molecule has 1 aliphatic rings. The Balaban J connectivity index is 1.93. The van der Waals surface area contributed by atoms with Crippen molar-refractivity contribution in [2.24, 2.45) is 0 Å². The summed E-state index contributed by atoms with van der Waals surface area (Å²) in [5.41, 5.74) is 1.34. The zero-order chi connectivity index (χ0) is 13.0. The Kier molecular flexibility index (Phi) is 5.76. The van der Waals surface area contributed by atoms with E-state index in [4.69, 9.17) is 0 Å². The maximum absolute atomic E-state index is 3.68. The molecule has 0 aliphatic carbocycles. The molecule has 1 fully saturated rings. The van der Waals surface area contributed by atoms with Crippen molar-refractivity contribution in [3.63, 3.8) is 0 Å². The van der Waals surface area contributed by atoms with E-state index in [0.29, 0.717) is 6.04 Å². The van der Waals surface area contributed by atoms with Crippen molar-refractivity contribution in [3.8, 4) is 0 Å². The fourth-order valence-corrected chi connectivity index (χ4v) is 3.96. The second-order valence-corrected chi connectivity index (χ2v) is 6.91. The predicted molar refractivity (Wildman–Crippen MR) is 90.4 cm³/mol. The molecule has 100 valence electrons. The number of halogens is 2. The molecule has 1 aromatic rings. The average Bonchev–Trinajstić information content (AvgIpc) is 2.37. The SMILES string of the molecule is CCCNC1CCN(c2ccc(I)cc2Br)CC1. The van der Waals surface area contributed by atoms with Gasteiger partial charge in [-0.25, -0.2) is 0 Å². The molecule has 18 heavy (non-hydrogen) atoms. The van der Waals surface area contributed by atoms with E-state index < -0.39 is 0 Å². The van der Waals surface area contributed by atoms with Gasteiger partial charge < -0.3 is 10.2 Å². The molecule has 0 unspecified atom stereocenters. The van der Waals surface area contributed by atoms with Crippen LogP contribution in [0.2, 0.25) is 0 Å². The van der Waals surface area contributed by atoms with Gasteiger partial charge in [-0.3, -0.25) is 0 Å². The predicted octanol–water partition coefficient (Wildman–Crippen LogP) is 4.02. The first-order chi connectivity index (χ1) is 8.70. The summed E-state index contributed by atoms with van der Waals surface area (Å²) in [5.74, 6) is 0. The highest BCUT2D eigenvalue weighted by Crippen LogP contribution is 2.30. The second kappa shape index (κ2) is 7.10. The van der Waals surface area contributed by atoms with Crippen LogP contribution < -0.4 is 10.2 Å². The first-order valence-electron chi connectivity index (χ1n) is 6.64. The maximum Gasteiger partial charge on any atom is 0.0511 e. The molecule has 0 radical (unpaired) electrons. The highest BCUT2D eigenvalue weighted by atomic mass is 127. The minimum absolute atomic E-state index is 0.712. The minimum atomic E-state index is 0.712. The molecule has 0 bridgehead atoms. The van der Waals surface area contributed by atoms with Crippen molar-refractivity contribution in [3.05, 3.63) is 26.2 Å². The molecule has 0 aromatic heterocycles. The maximum atomic E-state index is 3.68. The molecule has 2 nitrogen and oxygen atoms in total. The minimum Gasteiger partial charge on any atom is -0.371 e. The average molecular weight is 423 g/mol. The van der Waals surface area contributed by atoms with Gasteiger partial charge in [0.25, 0.3) is 0 Å². The molecule has 4 heteroatoms. The van der Waals surface area contributed by atoms with E-state index in [-0.39, 0.29) is 0 Å².